The lowest BCUT2D eigenvalue weighted by molar-refractivity contribution is 0.121. The quantitative estimate of drug-likeness (QED) is 0.750. The fourth-order valence-corrected chi connectivity index (χ4v) is 1.98. The molecule has 0 aliphatic carbocycles. The molecular formula is C12H18N2O. The van der Waals surface area contributed by atoms with Gasteiger partial charge in [-0.3, -0.25) is 0 Å². The van der Waals surface area contributed by atoms with Gasteiger partial charge in [-0.15, -0.1) is 0 Å². The van der Waals surface area contributed by atoms with Crippen molar-refractivity contribution in [1.29, 1.82) is 0 Å². The topological polar surface area (TPSA) is 38.5 Å². The highest BCUT2D eigenvalue weighted by Gasteiger charge is 2.22. The molecule has 1 atom stereocenters. The van der Waals surface area contributed by atoms with Crippen LogP contribution in [0.2, 0.25) is 0 Å². The molecule has 3 nitrogen and oxygen atoms in total. The third-order valence-corrected chi connectivity index (χ3v) is 3.11. The average molecular weight is 206 g/mol. The number of benzene rings is 1. The minimum absolute atomic E-state index is 0.368. The molecule has 0 amide bonds. The van der Waals surface area contributed by atoms with Gasteiger partial charge in [0.05, 0.1) is 6.10 Å². The number of nitrogen functional groups attached to an aromatic ring is 1. The molecule has 0 spiro atoms. The van der Waals surface area contributed by atoms with Gasteiger partial charge in [-0.05, 0) is 31.0 Å². The van der Waals surface area contributed by atoms with Gasteiger partial charge in [-0.2, -0.15) is 0 Å². The Morgan fingerprint density at radius 3 is 2.87 bits per heavy atom. The molecule has 1 unspecified atom stereocenters. The number of aryl methyl sites for hydroxylation is 1. The first-order valence-electron chi connectivity index (χ1n) is 5.34. The van der Waals surface area contributed by atoms with Crippen molar-refractivity contribution in [1.82, 2.24) is 0 Å². The van der Waals surface area contributed by atoms with Crippen molar-refractivity contribution in [3.05, 3.63) is 23.8 Å². The number of nitrogens with zero attached hydrogens (tertiary/aromatic N) is 1. The van der Waals surface area contributed by atoms with E-state index in [-0.39, 0.29) is 0 Å². The molecule has 1 fully saturated rings. The van der Waals surface area contributed by atoms with Gasteiger partial charge < -0.3 is 15.4 Å². The second-order valence-corrected chi connectivity index (χ2v) is 4.13. The van der Waals surface area contributed by atoms with Crippen LogP contribution in [0.3, 0.4) is 0 Å². The molecule has 2 N–H and O–H groups in total. The largest absolute Gasteiger partial charge is 0.398 e. The molecule has 1 aliphatic heterocycles. The second-order valence-electron chi connectivity index (χ2n) is 4.13. The maximum Gasteiger partial charge on any atom is 0.0762 e. The Kier molecular flexibility index (Phi) is 2.82. The highest BCUT2D eigenvalue weighted by molar-refractivity contribution is 5.60. The Morgan fingerprint density at radius 2 is 2.27 bits per heavy atom. The van der Waals surface area contributed by atoms with Crippen LogP contribution in [0.5, 0.6) is 0 Å². The van der Waals surface area contributed by atoms with Gasteiger partial charge in [0.2, 0.25) is 0 Å². The molecule has 0 saturated carbocycles. The van der Waals surface area contributed by atoms with E-state index in [1.165, 1.54) is 5.69 Å². The summed E-state index contributed by atoms with van der Waals surface area (Å²) < 4.78 is 5.34. The number of anilines is 2. The number of hydrogen-bond donors (Lipinski definition) is 1. The van der Waals surface area contributed by atoms with Crippen LogP contribution in [0.4, 0.5) is 11.4 Å². The van der Waals surface area contributed by atoms with Crippen molar-refractivity contribution in [3.63, 3.8) is 0 Å². The van der Waals surface area contributed by atoms with Crippen LogP contribution in [0.1, 0.15) is 12.0 Å². The Morgan fingerprint density at radius 1 is 1.47 bits per heavy atom. The average Bonchev–Trinajstić information content (AvgIpc) is 2.70. The Hall–Kier alpha value is -1.22. The van der Waals surface area contributed by atoms with Gasteiger partial charge in [-0.1, -0.05) is 6.07 Å². The van der Waals surface area contributed by atoms with Crippen LogP contribution in [-0.2, 0) is 4.74 Å². The van der Waals surface area contributed by atoms with Gasteiger partial charge >= 0.3 is 0 Å². The predicted molar refractivity (Wildman–Crippen MR) is 63.2 cm³/mol. The van der Waals surface area contributed by atoms with E-state index in [1.54, 1.807) is 7.11 Å². The van der Waals surface area contributed by atoms with E-state index in [2.05, 4.69) is 17.0 Å². The molecule has 1 aromatic carbocycles. The molecule has 3 heteroatoms. The van der Waals surface area contributed by atoms with Crippen LogP contribution in [0.25, 0.3) is 0 Å². The van der Waals surface area contributed by atoms with Crippen molar-refractivity contribution in [2.75, 3.05) is 30.8 Å². The van der Waals surface area contributed by atoms with E-state index in [9.17, 15) is 0 Å². The molecule has 0 aromatic heterocycles. The zero-order valence-electron chi connectivity index (χ0n) is 9.36. The van der Waals surface area contributed by atoms with Gasteiger partial charge in [0.15, 0.2) is 0 Å². The lowest BCUT2D eigenvalue weighted by Crippen LogP contribution is -2.22. The Bertz CT molecular complexity index is 351. The smallest absolute Gasteiger partial charge is 0.0762 e. The molecule has 2 rings (SSSR count). The summed E-state index contributed by atoms with van der Waals surface area (Å²) in [6.45, 7) is 4.06. The van der Waals surface area contributed by atoms with E-state index in [0.29, 0.717) is 6.10 Å². The van der Waals surface area contributed by atoms with Crippen LogP contribution in [0, 0.1) is 6.92 Å². The molecule has 82 valence electrons. The Labute approximate surface area is 90.8 Å². The van der Waals surface area contributed by atoms with Gasteiger partial charge in [0.1, 0.15) is 0 Å². The summed E-state index contributed by atoms with van der Waals surface area (Å²) >= 11 is 0. The first-order chi connectivity index (χ1) is 7.20. The molecule has 1 saturated heterocycles. The van der Waals surface area contributed by atoms with Gasteiger partial charge in [-0.25, -0.2) is 0 Å². The third kappa shape index (κ3) is 2.07. The molecule has 1 heterocycles. The summed E-state index contributed by atoms with van der Waals surface area (Å²) in [6.07, 6.45) is 1.47. The van der Waals surface area contributed by atoms with Crippen LogP contribution >= 0.6 is 0 Å². The Balaban J connectivity index is 2.13. The summed E-state index contributed by atoms with van der Waals surface area (Å²) in [5.41, 5.74) is 9.11. The van der Waals surface area contributed by atoms with Crippen LogP contribution < -0.4 is 10.6 Å². The lowest BCUT2D eigenvalue weighted by Gasteiger charge is -2.19. The number of rotatable bonds is 2. The highest BCUT2D eigenvalue weighted by Crippen LogP contribution is 2.25. The van der Waals surface area contributed by atoms with E-state index >= 15 is 0 Å². The van der Waals surface area contributed by atoms with Crippen molar-refractivity contribution in [2.24, 2.45) is 0 Å². The van der Waals surface area contributed by atoms with Gasteiger partial charge in [0, 0.05) is 31.6 Å². The SMILES string of the molecule is COC1CCN(c2ccc(C)c(N)c2)C1. The van der Waals surface area contributed by atoms with E-state index < -0.39 is 0 Å². The maximum atomic E-state index is 5.90. The van der Waals surface area contributed by atoms with Crippen LogP contribution in [-0.4, -0.2) is 26.3 Å². The van der Waals surface area contributed by atoms with Crippen molar-refractivity contribution >= 4 is 11.4 Å². The zero-order valence-corrected chi connectivity index (χ0v) is 9.36. The van der Waals surface area contributed by atoms with E-state index in [0.717, 1.165) is 30.8 Å². The predicted octanol–water partition coefficient (Wildman–Crippen LogP) is 1.80. The minimum atomic E-state index is 0.368. The fourth-order valence-electron chi connectivity index (χ4n) is 1.98. The summed E-state index contributed by atoms with van der Waals surface area (Å²) in [5.74, 6) is 0. The molecule has 1 aliphatic rings. The first-order valence-corrected chi connectivity index (χ1v) is 5.34. The molecule has 1 aromatic rings. The monoisotopic (exact) mass is 206 g/mol. The molecular weight excluding hydrogens is 188 g/mol. The normalized spacial score (nSPS) is 20.9. The maximum absolute atomic E-state index is 5.90. The lowest BCUT2D eigenvalue weighted by atomic mass is 10.2. The molecule has 0 radical (unpaired) electrons. The number of methoxy groups -OCH3 is 1. The molecule has 0 bridgehead atoms. The van der Waals surface area contributed by atoms with Crippen LogP contribution in [0.15, 0.2) is 18.2 Å². The second kappa shape index (κ2) is 4.11. The third-order valence-electron chi connectivity index (χ3n) is 3.11. The highest BCUT2D eigenvalue weighted by atomic mass is 16.5. The number of hydrogen-bond acceptors (Lipinski definition) is 3. The van der Waals surface area contributed by atoms with Crippen molar-refractivity contribution in [2.45, 2.75) is 19.4 Å². The summed E-state index contributed by atoms with van der Waals surface area (Å²) in [5, 5.41) is 0. The first kappa shape index (κ1) is 10.3. The zero-order chi connectivity index (χ0) is 10.8. The summed E-state index contributed by atoms with van der Waals surface area (Å²) in [6, 6.07) is 6.25. The van der Waals surface area contributed by atoms with Gasteiger partial charge in [0.25, 0.3) is 0 Å². The number of nitrogens with two attached hydrogens (primary N) is 1. The minimum Gasteiger partial charge on any atom is -0.398 e. The van der Waals surface area contributed by atoms with E-state index in [4.69, 9.17) is 10.5 Å². The fraction of sp³-hybridized carbons (Fsp3) is 0.500. The number of ether oxygens (including phenoxy) is 1. The summed E-state index contributed by atoms with van der Waals surface area (Å²) in [4.78, 5) is 2.32. The van der Waals surface area contributed by atoms with Crippen molar-refractivity contribution < 1.29 is 4.74 Å². The standard InChI is InChI=1S/C12H18N2O/c1-9-3-4-10(7-12(9)13)14-6-5-11(8-14)15-2/h3-4,7,11H,5-6,8,13H2,1-2H3. The molecule has 15 heavy (non-hydrogen) atoms. The summed E-state index contributed by atoms with van der Waals surface area (Å²) in [7, 11) is 1.78. The van der Waals surface area contributed by atoms with Crippen molar-refractivity contribution in [3.8, 4) is 0 Å². The van der Waals surface area contributed by atoms with E-state index in [1.807, 2.05) is 13.0 Å².